The summed E-state index contributed by atoms with van der Waals surface area (Å²) in [5.74, 6) is 1.15. The zero-order valence-corrected chi connectivity index (χ0v) is 19.1. The number of esters is 1. The van der Waals surface area contributed by atoms with E-state index >= 15 is 0 Å². The SMILES string of the molecule is O=C(COC(=O)c1ccc(N2CCCCCC2)c([N+](=O)[O-])c1)NC12CC3CC(CC(C3)C1)C2. The molecule has 1 N–H and O–H groups in total. The van der Waals surface area contributed by atoms with Crippen molar-refractivity contribution in [3.63, 3.8) is 0 Å². The lowest BCUT2D eigenvalue weighted by molar-refractivity contribution is -0.384. The quantitative estimate of drug-likeness (QED) is 0.392. The Labute approximate surface area is 194 Å². The van der Waals surface area contributed by atoms with Crippen molar-refractivity contribution in [3.8, 4) is 0 Å². The van der Waals surface area contributed by atoms with Crippen LogP contribution in [0, 0.1) is 27.9 Å². The molecule has 0 atom stereocenters. The molecule has 1 aromatic rings. The third kappa shape index (κ3) is 4.70. The number of amides is 1. The van der Waals surface area contributed by atoms with Gasteiger partial charge < -0.3 is 15.0 Å². The van der Waals surface area contributed by atoms with Crippen LogP contribution in [-0.4, -0.2) is 42.0 Å². The second kappa shape index (κ2) is 8.95. The third-order valence-electron chi connectivity index (χ3n) is 8.13. The summed E-state index contributed by atoms with van der Waals surface area (Å²) < 4.78 is 5.26. The number of nitro benzene ring substituents is 1. The van der Waals surface area contributed by atoms with Crippen molar-refractivity contribution in [2.24, 2.45) is 17.8 Å². The fraction of sp³-hybridized carbons (Fsp3) is 0.680. The summed E-state index contributed by atoms with van der Waals surface area (Å²) in [7, 11) is 0. The molecule has 5 aliphatic rings. The lowest BCUT2D eigenvalue weighted by Gasteiger charge is -2.56. The van der Waals surface area contributed by atoms with Gasteiger partial charge in [0.05, 0.1) is 10.5 Å². The van der Waals surface area contributed by atoms with Gasteiger partial charge in [-0.15, -0.1) is 0 Å². The van der Waals surface area contributed by atoms with Crippen molar-refractivity contribution in [1.29, 1.82) is 0 Å². The van der Waals surface area contributed by atoms with Crippen LogP contribution < -0.4 is 10.2 Å². The monoisotopic (exact) mass is 455 g/mol. The van der Waals surface area contributed by atoms with Gasteiger partial charge in [-0.3, -0.25) is 14.9 Å². The van der Waals surface area contributed by atoms with Crippen LogP contribution in [-0.2, 0) is 9.53 Å². The molecule has 8 heteroatoms. The van der Waals surface area contributed by atoms with Crippen LogP contribution in [0.5, 0.6) is 0 Å². The molecule has 8 nitrogen and oxygen atoms in total. The number of nitro groups is 1. The molecule has 1 aromatic carbocycles. The Morgan fingerprint density at radius 3 is 2.21 bits per heavy atom. The van der Waals surface area contributed by atoms with Crippen molar-refractivity contribution in [2.45, 2.75) is 69.7 Å². The minimum Gasteiger partial charge on any atom is -0.452 e. The number of rotatable bonds is 6. The number of carbonyl (C=O) groups excluding carboxylic acids is 2. The maximum atomic E-state index is 12.6. The molecule has 1 heterocycles. The van der Waals surface area contributed by atoms with Gasteiger partial charge in [-0.2, -0.15) is 0 Å². The van der Waals surface area contributed by atoms with Crippen LogP contribution in [0.15, 0.2) is 18.2 Å². The third-order valence-corrected chi connectivity index (χ3v) is 8.13. The largest absolute Gasteiger partial charge is 0.452 e. The van der Waals surface area contributed by atoms with Crippen molar-refractivity contribution in [2.75, 3.05) is 24.6 Å². The fourth-order valence-electron chi connectivity index (χ4n) is 7.19. The first-order valence-electron chi connectivity index (χ1n) is 12.4. The topological polar surface area (TPSA) is 102 Å². The van der Waals surface area contributed by atoms with Crippen molar-refractivity contribution < 1.29 is 19.2 Å². The molecular weight excluding hydrogens is 422 g/mol. The highest BCUT2D eigenvalue weighted by Gasteiger charge is 2.51. The Bertz CT molecular complexity index is 903. The lowest BCUT2D eigenvalue weighted by atomic mass is 9.53. The molecule has 6 rings (SSSR count). The van der Waals surface area contributed by atoms with Gasteiger partial charge in [0.2, 0.25) is 0 Å². The molecule has 4 aliphatic carbocycles. The summed E-state index contributed by atoms with van der Waals surface area (Å²) in [6.45, 7) is 1.19. The maximum absolute atomic E-state index is 12.6. The number of nitrogens with zero attached hydrogens (tertiary/aromatic N) is 2. The number of carbonyl (C=O) groups is 2. The van der Waals surface area contributed by atoms with Gasteiger partial charge in [-0.25, -0.2) is 4.79 Å². The van der Waals surface area contributed by atoms with Crippen molar-refractivity contribution >= 4 is 23.3 Å². The Hall–Kier alpha value is -2.64. The van der Waals surface area contributed by atoms with Crippen LogP contribution in [0.3, 0.4) is 0 Å². The predicted molar refractivity (Wildman–Crippen MR) is 123 cm³/mol. The van der Waals surface area contributed by atoms with Crippen LogP contribution >= 0.6 is 0 Å². The Morgan fingerprint density at radius 1 is 1.03 bits per heavy atom. The van der Waals surface area contributed by atoms with Gasteiger partial charge in [0.25, 0.3) is 11.6 Å². The number of ether oxygens (including phenoxy) is 1. The minimum atomic E-state index is -0.707. The van der Waals surface area contributed by atoms with Gasteiger partial charge in [-0.1, -0.05) is 12.8 Å². The van der Waals surface area contributed by atoms with E-state index in [9.17, 15) is 19.7 Å². The van der Waals surface area contributed by atoms with E-state index in [0.29, 0.717) is 23.4 Å². The molecule has 1 saturated heterocycles. The number of nitrogens with one attached hydrogen (secondary N) is 1. The lowest BCUT2D eigenvalue weighted by Crippen LogP contribution is -2.60. The molecule has 0 spiro atoms. The fourth-order valence-corrected chi connectivity index (χ4v) is 7.19. The van der Waals surface area contributed by atoms with Crippen molar-refractivity contribution in [3.05, 3.63) is 33.9 Å². The van der Waals surface area contributed by atoms with E-state index in [1.807, 2.05) is 4.90 Å². The van der Waals surface area contributed by atoms with E-state index in [2.05, 4.69) is 5.32 Å². The molecule has 0 unspecified atom stereocenters. The average molecular weight is 456 g/mol. The molecule has 1 aliphatic heterocycles. The van der Waals surface area contributed by atoms with E-state index in [0.717, 1.165) is 58.0 Å². The number of hydrogen-bond acceptors (Lipinski definition) is 6. The van der Waals surface area contributed by atoms with Crippen LogP contribution in [0.2, 0.25) is 0 Å². The average Bonchev–Trinajstić information content (AvgIpc) is 3.05. The summed E-state index contributed by atoms with van der Waals surface area (Å²) in [5, 5.41) is 14.9. The van der Waals surface area contributed by atoms with E-state index in [4.69, 9.17) is 4.74 Å². The highest BCUT2D eigenvalue weighted by atomic mass is 16.6. The normalized spacial score (nSPS) is 30.5. The maximum Gasteiger partial charge on any atom is 0.338 e. The summed E-state index contributed by atoms with van der Waals surface area (Å²) in [6, 6.07) is 4.47. The minimum absolute atomic E-state index is 0.0932. The Kier molecular flexibility index (Phi) is 6.01. The molecule has 0 aromatic heterocycles. The smallest absolute Gasteiger partial charge is 0.338 e. The van der Waals surface area contributed by atoms with Gasteiger partial charge in [0.1, 0.15) is 5.69 Å². The summed E-state index contributed by atoms with van der Waals surface area (Å²) in [6.07, 6.45) is 11.2. The van der Waals surface area contributed by atoms with Gasteiger partial charge >= 0.3 is 5.97 Å². The summed E-state index contributed by atoms with van der Waals surface area (Å²) in [4.78, 5) is 38.5. The highest BCUT2D eigenvalue weighted by molar-refractivity contribution is 5.93. The first-order valence-corrected chi connectivity index (χ1v) is 12.4. The standard InChI is InChI=1S/C25H33N3O5/c29-23(26-25-13-17-9-18(14-25)11-19(10-17)15-25)16-33-24(30)20-5-6-21(22(12-20)28(31)32)27-7-3-1-2-4-8-27/h5-6,12,17-19H,1-4,7-11,13-16H2,(H,26,29). The molecule has 33 heavy (non-hydrogen) atoms. The first-order chi connectivity index (χ1) is 15.9. The second-order valence-corrected chi connectivity index (χ2v) is 10.7. The molecule has 1 amide bonds. The molecule has 4 bridgehead atoms. The molecular formula is C25H33N3O5. The predicted octanol–water partition coefficient (Wildman–Crippen LogP) is 4.22. The van der Waals surface area contributed by atoms with Gasteiger partial charge in [-0.05, 0) is 81.3 Å². The molecule has 0 radical (unpaired) electrons. The van der Waals surface area contributed by atoms with E-state index in [1.165, 1.54) is 25.3 Å². The van der Waals surface area contributed by atoms with Crippen LogP contribution in [0.25, 0.3) is 0 Å². The molecule has 178 valence electrons. The zero-order chi connectivity index (χ0) is 23.0. The van der Waals surface area contributed by atoms with E-state index in [-0.39, 0.29) is 29.3 Å². The number of anilines is 1. The van der Waals surface area contributed by atoms with Gasteiger partial charge in [0.15, 0.2) is 6.61 Å². The Morgan fingerprint density at radius 2 is 1.64 bits per heavy atom. The van der Waals surface area contributed by atoms with Gasteiger partial charge in [0, 0.05) is 24.7 Å². The highest BCUT2D eigenvalue weighted by Crippen LogP contribution is 2.55. The molecule has 5 fully saturated rings. The molecule has 4 saturated carbocycles. The van der Waals surface area contributed by atoms with Crippen LogP contribution in [0.4, 0.5) is 11.4 Å². The van der Waals surface area contributed by atoms with Crippen molar-refractivity contribution in [1.82, 2.24) is 5.32 Å². The number of hydrogen-bond donors (Lipinski definition) is 1. The summed E-state index contributed by atoms with van der Waals surface area (Å²) >= 11 is 0. The zero-order valence-electron chi connectivity index (χ0n) is 19.1. The Balaban J connectivity index is 1.21. The number of benzene rings is 1. The van der Waals surface area contributed by atoms with E-state index < -0.39 is 10.9 Å². The van der Waals surface area contributed by atoms with E-state index in [1.54, 1.807) is 12.1 Å². The first kappa shape index (κ1) is 22.2. The van der Waals surface area contributed by atoms with Crippen LogP contribution in [0.1, 0.15) is 74.6 Å². The second-order valence-electron chi connectivity index (χ2n) is 10.7. The summed E-state index contributed by atoms with van der Waals surface area (Å²) in [5.41, 5.74) is 0.413.